The average Bonchev–Trinajstić information content (AvgIpc) is 2.55. The summed E-state index contributed by atoms with van der Waals surface area (Å²) >= 11 is 0. The Hall–Kier alpha value is -1.50. The second kappa shape index (κ2) is 12.1. The van der Waals surface area contributed by atoms with E-state index < -0.39 is 11.9 Å². The highest BCUT2D eigenvalue weighted by atomic mass is 35.5. The molecule has 0 aromatic heterocycles. The predicted octanol–water partition coefficient (Wildman–Crippen LogP) is 3.92. The van der Waals surface area contributed by atoms with Gasteiger partial charge in [-0.05, 0) is 63.9 Å². The first-order valence-corrected chi connectivity index (χ1v) is 8.96. The fourth-order valence-corrected chi connectivity index (χ4v) is 3.45. The molecule has 154 valence electrons. The van der Waals surface area contributed by atoms with Gasteiger partial charge in [-0.1, -0.05) is 6.42 Å². The molecule has 0 radical (unpaired) electrons. The monoisotopic (exact) mass is 420 g/mol. The molecule has 2 N–H and O–H groups in total. The number of hydrogen-bond donors (Lipinski definition) is 2. The van der Waals surface area contributed by atoms with Crippen molar-refractivity contribution in [2.75, 3.05) is 38.1 Å². The highest BCUT2D eigenvalue weighted by Gasteiger charge is 2.23. The van der Waals surface area contributed by atoms with Crippen molar-refractivity contribution in [3.05, 3.63) is 28.3 Å². The molecule has 0 unspecified atom stereocenters. The molecule has 0 bridgehead atoms. The number of carboxylic acids is 1. The molecule has 1 fully saturated rings. The summed E-state index contributed by atoms with van der Waals surface area (Å²) in [6.07, 6.45) is 3.75. The van der Waals surface area contributed by atoms with Gasteiger partial charge in [0.1, 0.15) is 0 Å². The standard InChI is InChI=1S/C19H28N2O4.2ClH/c1-4-25-19(24)16-13(2)12-15(17(14(16)3)18(22)23)20-8-11-21-9-6-5-7-10-21;;/h12,20H,4-11H2,1-3H3,(H,22,23);2*1H. The van der Waals surface area contributed by atoms with Crippen LogP contribution in [0.4, 0.5) is 5.69 Å². The summed E-state index contributed by atoms with van der Waals surface area (Å²) in [5.41, 5.74) is 2.23. The van der Waals surface area contributed by atoms with Crippen molar-refractivity contribution in [3.8, 4) is 0 Å². The van der Waals surface area contributed by atoms with Gasteiger partial charge in [-0.2, -0.15) is 0 Å². The number of halogens is 2. The molecular formula is C19H30Cl2N2O4. The second-order valence-corrected chi connectivity index (χ2v) is 6.47. The number of esters is 1. The lowest BCUT2D eigenvalue weighted by Gasteiger charge is -2.26. The predicted molar refractivity (Wildman–Crippen MR) is 112 cm³/mol. The summed E-state index contributed by atoms with van der Waals surface area (Å²) in [7, 11) is 0. The molecule has 1 aliphatic rings. The zero-order chi connectivity index (χ0) is 18.4. The van der Waals surface area contributed by atoms with E-state index in [1.54, 1.807) is 26.8 Å². The number of carbonyl (C=O) groups excluding carboxylic acids is 1. The van der Waals surface area contributed by atoms with E-state index in [1.165, 1.54) is 19.3 Å². The topological polar surface area (TPSA) is 78.9 Å². The number of benzene rings is 1. The first-order chi connectivity index (χ1) is 12.0. The minimum atomic E-state index is -1.04. The van der Waals surface area contributed by atoms with Gasteiger partial charge in [0.05, 0.1) is 17.7 Å². The summed E-state index contributed by atoms with van der Waals surface area (Å²) in [6, 6.07) is 1.74. The lowest BCUT2D eigenvalue weighted by Crippen LogP contribution is -2.34. The maximum atomic E-state index is 12.2. The van der Waals surface area contributed by atoms with Crippen LogP contribution in [0.1, 0.15) is 58.0 Å². The Morgan fingerprint density at radius 3 is 2.33 bits per heavy atom. The molecular weight excluding hydrogens is 391 g/mol. The van der Waals surface area contributed by atoms with Crippen LogP contribution in [0.25, 0.3) is 0 Å². The number of anilines is 1. The molecule has 6 nitrogen and oxygen atoms in total. The Balaban J connectivity index is 0.00000338. The van der Waals surface area contributed by atoms with E-state index in [4.69, 9.17) is 4.74 Å². The highest BCUT2D eigenvalue weighted by molar-refractivity contribution is 6.02. The van der Waals surface area contributed by atoms with Gasteiger partial charge >= 0.3 is 11.9 Å². The number of carbonyl (C=O) groups is 2. The number of hydrogen-bond acceptors (Lipinski definition) is 5. The van der Waals surface area contributed by atoms with Crippen LogP contribution in [-0.2, 0) is 4.74 Å². The van der Waals surface area contributed by atoms with Gasteiger partial charge < -0.3 is 20.1 Å². The Bertz CT molecular complexity index is 647. The van der Waals surface area contributed by atoms with E-state index in [0.29, 0.717) is 23.4 Å². The van der Waals surface area contributed by atoms with Crippen LogP contribution < -0.4 is 5.32 Å². The molecule has 0 saturated carbocycles. The maximum Gasteiger partial charge on any atom is 0.338 e. The Kier molecular flexibility index (Phi) is 11.4. The lowest BCUT2D eigenvalue weighted by molar-refractivity contribution is 0.0524. The van der Waals surface area contributed by atoms with Crippen LogP contribution in [0.15, 0.2) is 6.07 Å². The van der Waals surface area contributed by atoms with E-state index in [-0.39, 0.29) is 37.0 Å². The maximum absolute atomic E-state index is 12.2. The van der Waals surface area contributed by atoms with Crippen LogP contribution in [0.2, 0.25) is 0 Å². The Morgan fingerprint density at radius 2 is 1.78 bits per heavy atom. The van der Waals surface area contributed by atoms with E-state index in [1.807, 2.05) is 0 Å². The molecule has 1 aromatic carbocycles. The smallest absolute Gasteiger partial charge is 0.338 e. The van der Waals surface area contributed by atoms with Gasteiger partial charge in [0.15, 0.2) is 0 Å². The molecule has 8 heteroatoms. The normalized spacial score (nSPS) is 13.9. The molecule has 1 aliphatic heterocycles. The number of aryl methyl sites for hydroxylation is 1. The van der Waals surface area contributed by atoms with Crippen LogP contribution in [0, 0.1) is 13.8 Å². The van der Waals surface area contributed by atoms with Crippen molar-refractivity contribution in [1.29, 1.82) is 0 Å². The number of ether oxygens (including phenoxy) is 1. The first-order valence-electron chi connectivity index (χ1n) is 8.96. The molecule has 0 aliphatic carbocycles. The molecule has 1 heterocycles. The Morgan fingerprint density at radius 1 is 1.15 bits per heavy atom. The highest BCUT2D eigenvalue weighted by Crippen LogP contribution is 2.27. The van der Waals surface area contributed by atoms with E-state index >= 15 is 0 Å². The Labute approximate surface area is 173 Å². The SMILES string of the molecule is CCOC(=O)c1c(C)cc(NCCN2CCCCC2)c(C(=O)O)c1C.Cl.Cl. The van der Waals surface area contributed by atoms with E-state index in [2.05, 4.69) is 10.2 Å². The third-order valence-electron chi connectivity index (χ3n) is 4.66. The molecule has 0 spiro atoms. The number of likely N-dealkylation sites (tertiary alicyclic amines) is 1. The van der Waals surface area contributed by atoms with Crippen molar-refractivity contribution in [3.63, 3.8) is 0 Å². The second-order valence-electron chi connectivity index (χ2n) is 6.47. The molecule has 0 atom stereocenters. The van der Waals surface area contributed by atoms with Crippen LogP contribution >= 0.6 is 24.8 Å². The summed E-state index contributed by atoms with van der Waals surface area (Å²) < 4.78 is 5.07. The zero-order valence-electron chi connectivity index (χ0n) is 16.2. The van der Waals surface area contributed by atoms with Gasteiger partial charge in [0.2, 0.25) is 0 Å². The number of nitrogens with zero attached hydrogens (tertiary/aromatic N) is 1. The van der Waals surface area contributed by atoms with Crippen molar-refractivity contribution < 1.29 is 19.4 Å². The van der Waals surface area contributed by atoms with Gasteiger partial charge in [-0.3, -0.25) is 0 Å². The number of carboxylic acid groups (broad SMARTS) is 1. The average molecular weight is 421 g/mol. The largest absolute Gasteiger partial charge is 0.478 e. The van der Waals surface area contributed by atoms with Crippen molar-refractivity contribution >= 4 is 42.4 Å². The van der Waals surface area contributed by atoms with Gasteiger partial charge in [-0.15, -0.1) is 24.8 Å². The molecule has 2 rings (SSSR count). The number of aromatic carboxylic acids is 1. The lowest BCUT2D eigenvalue weighted by atomic mass is 9.95. The minimum absolute atomic E-state index is 0. The summed E-state index contributed by atoms with van der Waals surface area (Å²) in [6.45, 7) is 9.24. The van der Waals surface area contributed by atoms with Crippen LogP contribution in [0.3, 0.4) is 0 Å². The fraction of sp³-hybridized carbons (Fsp3) is 0.579. The van der Waals surface area contributed by atoms with Gasteiger partial charge in [-0.25, -0.2) is 9.59 Å². The number of piperidine rings is 1. The van der Waals surface area contributed by atoms with Gasteiger partial charge in [0.25, 0.3) is 0 Å². The molecule has 27 heavy (non-hydrogen) atoms. The summed E-state index contributed by atoms with van der Waals surface area (Å²) in [4.78, 5) is 26.3. The van der Waals surface area contributed by atoms with Crippen LogP contribution in [0.5, 0.6) is 0 Å². The molecule has 0 amide bonds. The van der Waals surface area contributed by atoms with Crippen molar-refractivity contribution in [2.45, 2.75) is 40.0 Å². The van der Waals surface area contributed by atoms with Gasteiger partial charge in [0, 0.05) is 18.8 Å². The third kappa shape index (κ3) is 6.55. The third-order valence-corrected chi connectivity index (χ3v) is 4.66. The number of nitrogens with one attached hydrogen (secondary N) is 1. The quantitative estimate of drug-likeness (QED) is 0.650. The van der Waals surface area contributed by atoms with Crippen LogP contribution in [-0.4, -0.2) is 54.7 Å². The summed E-state index contributed by atoms with van der Waals surface area (Å²) in [5.74, 6) is -1.51. The zero-order valence-corrected chi connectivity index (χ0v) is 17.8. The van der Waals surface area contributed by atoms with Crippen molar-refractivity contribution in [2.24, 2.45) is 0 Å². The summed E-state index contributed by atoms with van der Waals surface area (Å²) in [5, 5.41) is 12.9. The number of rotatable bonds is 7. The van der Waals surface area contributed by atoms with Crippen molar-refractivity contribution in [1.82, 2.24) is 4.90 Å². The fourth-order valence-electron chi connectivity index (χ4n) is 3.45. The molecule has 1 aromatic rings. The minimum Gasteiger partial charge on any atom is -0.478 e. The van der Waals surface area contributed by atoms with E-state index in [9.17, 15) is 14.7 Å². The van der Waals surface area contributed by atoms with E-state index in [0.717, 1.165) is 25.2 Å². The first kappa shape index (κ1) is 25.5. The molecule has 1 saturated heterocycles.